The molecule has 0 saturated heterocycles. The molecule has 2 rings (SSSR count). The number of rotatable bonds is 2. The molecule has 3 N–H and O–H groups in total. The molecule has 0 aliphatic heterocycles. The van der Waals surface area contributed by atoms with Gasteiger partial charge in [-0.05, 0) is 28.8 Å². The fourth-order valence-corrected chi connectivity index (χ4v) is 2.15. The van der Waals surface area contributed by atoms with Crippen LogP contribution in [0.25, 0.3) is 0 Å². The maximum absolute atomic E-state index is 13.8. The Hall–Kier alpha value is -1.30. The zero-order valence-corrected chi connectivity index (χ0v) is 9.58. The molecule has 1 saturated carbocycles. The van der Waals surface area contributed by atoms with Gasteiger partial charge in [-0.2, -0.15) is 0 Å². The molecule has 0 atom stereocenters. The second kappa shape index (κ2) is 3.35. The maximum Gasteiger partial charge on any atom is 0.314 e. The standard InChI is InChI=1S/C10H8BrFO4/c11-4-3-5(13)8(14)6(7(4)12)10(1-2-10)9(15)16/h3,13-14H,1-2H2,(H,15,16). The van der Waals surface area contributed by atoms with Crippen LogP contribution in [0.1, 0.15) is 18.4 Å². The number of aliphatic carboxylic acids is 1. The Morgan fingerprint density at radius 1 is 1.44 bits per heavy atom. The molecule has 0 bridgehead atoms. The minimum atomic E-state index is -1.39. The number of carbonyl (C=O) groups is 1. The maximum atomic E-state index is 13.8. The molecule has 0 radical (unpaired) electrons. The van der Waals surface area contributed by atoms with Crippen molar-refractivity contribution in [3.05, 3.63) is 21.9 Å². The zero-order chi connectivity index (χ0) is 12.1. The van der Waals surface area contributed by atoms with Crippen LogP contribution < -0.4 is 0 Å². The summed E-state index contributed by atoms with van der Waals surface area (Å²) >= 11 is 2.86. The molecule has 0 amide bonds. The predicted molar refractivity (Wildman–Crippen MR) is 56.0 cm³/mol. The van der Waals surface area contributed by atoms with Crippen molar-refractivity contribution >= 4 is 21.9 Å². The summed E-state index contributed by atoms with van der Waals surface area (Å²) in [6.45, 7) is 0. The van der Waals surface area contributed by atoms with Crippen molar-refractivity contribution in [3.63, 3.8) is 0 Å². The van der Waals surface area contributed by atoms with Crippen molar-refractivity contribution in [2.45, 2.75) is 18.3 Å². The number of halogens is 2. The van der Waals surface area contributed by atoms with Crippen LogP contribution in [0.4, 0.5) is 4.39 Å². The minimum absolute atomic E-state index is 0.0645. The van der Waals surface area contributed by atoms with E-state index in [9.17, 15) is 19.4 Å². The van der Waals surface area contributed by atoms with Crippen LogP contribution >= 0.6 is 15.9 Å². The SMILES string of the molecule is O=C(O)C1(c2c(O)c(O)cc(Br)c2F)CC1. The lowest BCUT2D eigenvalue weighted by atomic mass is 9.94. The molecule has 6 heteroatoms. The summed E-state index contributed by atoms with van der Waals surface area (Å²) < 4.78 is 13.7. The van der Waals surface area contributed by atoms with Crippen LogP contribution in [0, 0.1) is 5.82 Å². The monoisotopic (exact) mass is 290 g/mol. The molecule has 86 valence electrons. The highest BCUT2D eigenvalue weighted by Crippen LogP contribution is 2.55. The summed E-state index contributed by atoms with van der Waals surface area (Å²) in [5, 5.41) is 27.9. The molecule has 16 heavy (non-hydrogen) atoms. The molecule has 0 aromatic heterocycles. The van der Waals surface area contributed by atoms with Gasteiger partial charge < -0.3 is 15.3 Å². The molecule has 1 aliphatic carbocycles. The number of carboxylic acid groups (broad SMARTS) is 1. The Kier molecular flexibility index (Phi) is 2.34. The second-order valence-electron chi connectivity index (χ2n) is 3.80. The first-order chi connectivity index (χ1) is 7.40. The first kappa shape index (κ1) is 11.2. The van der Waals surface area contributed by atoms with E-state index >= 15 is 0 Å². The lowest BCUT2D eigenvalue weighted by molar-refractivity contribution is -0.140. The van der Waals surface area contributed by atoms with E-state index in [1.165, 1.54) is 0 Å². The number of benzene rings is 1. The van der Waals surface area contributed by atoms with Crippen LogP contribution in [0.15, 0.2) is 10.5 Å². The highest BCUT2D eigenvalue weighted by molar-refractivity contribution is 9.10. The molecular formula is C10H8BrFO4. The van der Waals surface area contributed by atoms with Crippen LogP contribution in [0.2, 0.25) is 0 Å². The first-order valence-corrected chi connectivity index (χ1v) is 5.33. The van der Waals surface area contributed by atoms with Gasteiger partial charge in [0.05, 0.1) is 15.5 Å². The van der Waals surface area contributed by atoms with Crippen molar-refractivity contribution in [2.75, 3.05) is 0 Å². The Morgan fingerprint density at radius 2 is 2.00 bits per heavy atom. The Bertz CT molecular complexity index is 456. The average Bonchev–Trinajstić information content (AvgIpc) is 2.97. The van der Waals surface area contributed by atoms with E-state index in [2.05, 4.69) is 15.9 Å². The highest BCUT2D eigenvalue weighted by atomic mass is 79.9. The van der Waals surface area contributed by atoms with E-state index in [1.54, 1.807) is 0 Å². The molecule has 0 unspecified atom stereocenters. The highest BCUT2D eigenvalue weighted by Gasteiger charge is 2.55. The van der Waals surface area contributed by atoms with Crippen molar-refractivity contribution in [2.24, 2.45) is 0 Å². The van der Waals surface area contributed by atoms with E-state index in [4.69, 9.17) is 5.11 Å². The van der Waals surface area contributed by atoms with Gasteiger partial charge in [-0.25, -0.2) is 4.39 Å². The van der Waals surface area contributed by atoms with E-state index in [-0.39, 0.29) is 22.9 Å². The minimum Gasteiger partial charge on any atom is -0.504 e. The second-order valence-corrected chi connectivity index (χ2v) is 4.66. The van der Waals surface area contributed by atoms with Gasteiger partial charge in [0.25, 0.3) is 0 Å². The van der Waals surface area contributed by atoms with Crippen LogP contribution in [0.3, 0.4) is 0 Å². The van der Waals surface area contributed by atoms with Crippen LogP contribution in [-0.4, -0.2) is 21.3 Å². The Labute approximate surface area is 98.5 Å². The molecule has 1 fully saturated rings. The molecule has 1 aromatic rings. The molecule has 0 spiro atoms. The number of phenolic OH excluding ortho intramolecular Hbond substituents is 2. The van der Waals surface area contributed by atoms with Crippen molar-refractivity contribution in [1.29, 1.82) is 0 Å². The summed E-state index contributed by atoms with van der Waals surface area (Å²) in [5.74, 6) is -3.26. The summed E-state index contributed by atoms with van der Waals surface area (Å²) in [6.07, 6.45) is 0.505. The van der Waals surface area contributed by atoms with Gasteiger partial charge in [-0.1, -0.05) is 0 Å². The van der Waals surface area contributed by atoms with Crippen LogP contribution in [-0.2, 0) is 10.2 Å². The lowest BCUT2D eigenvalue weighted by Gasteiger charge is -2.15. The lowest BCUT2D eigenvalue weighted by Crippen LogP contribution is -2.21. The van der Waals surface area contributed by atoms with Gasteiger partial charge in [-0.15, -0.1) is 0 Å². The van der Waals surface area contributed by atoms with Gasteiger partial charge in [0.15, 0.2) is 11.5 Å². The van der Waals surface area contributed by atoms with Crippen LogP contribution in [0.5, 0.6) is 11.5 Å². The Balaban J connectivity index is 2.70. The summed E-state index contributed by atoms with van der Waals surface area (Å²) in [5.41, 5.74) is -1.73. The third-order valence-corrected chi connectivity index (χ3v) is 3.39. The predicted octanol–water partition coefficient (Wildman–Crippen LogP) is 2.12. The number of aromatic hydroxyl groups is 2. The topological polar surface area (TPSA) is 77.8 Å². The number of hydrogen-bond acceptors (Lipinski definition) is 3. The molecule has 1 aliphatic rings. The van der Waals surface area contributed by atoms with Crippen molar-refractivity contribution in [3.8, 4) is 11.5 Å². The van der Waals surface area contributed by atoms with E-state index in [1.807, 2.05) is 0 Å². The van der Waals surface area contributed by atoms with Crippen molar-refractivity contribution < 1.29 is 24.5 Å². The first-order valence-electron chi connectivity index (χ1n) is 4.54. The van der Waals surface area contributed by atoms with E-state index in [0.717, 1.165) is 6.07 Å². The third-order valence-electron chi connectivity index (χ3n) is 2.81. The van der Waals surface area contributed by atoms with Crippen molar-refractivity contribution in [1.82, 2.24) is 0 Å². The fourth-order valence-electron chi connectivity index (χ4n) is 1.74. The largest absolute Gasteiger partial charge is 0.504 e. The molecular weight excluding hydrogens is 283 g/mol. The fraction of sp³-hybridized carbons (Fsp3) is 0.300. The molecule has 0 heterocycles. The number of hydrogen-bond donors (Lipinski definition) is 3. The normalized spacial score (nSPS) is 17.1. The Morgan fingerprint density at radius 3 is 2.44 bits per heavy atom. The van der Waals surface area contributed by atoms with Gasteiger partial charge in [0.2, 0.25) is 0 Å². The van der Waals surface area contributed by atoms with Gasteiger partial charge >= 0.3 is 5.97 Å². The van der Waals surface area contributed by atoms with Gasteiger partial charge in [0, 0.05) is 6.07 Å². The summed E-state index contributed by atoms with van der Waals surface area (Å²) in [4.78, 5) is 11.0. The molecule has 1 aromatic carbocycles. The molecule has 4 nitrogen and oxygen atoms in total. The smallest absolute Gasteiger partial charge is 0.314 e. The van der Waals surface area contributed by atoms with Gasteiger partial charge in [-0.3, -0.25) is 4.79 Å². The summed E-state index contributed by atoms with van der Waals surface area (Å²) in [6, 6.07) is 0.992. The third kappa shape index (κ3) is 1.36. The van der Waals surface area contributed by atoms with Gasteiger partial charge in [0.1, 0.15) is 5.82 Å². The van der Waals surface area contributed by atoms with E-state index < -0.39 is 28.7 Å². The quantitative estimate of drug-likeness (QED) is 0.729. The number of phenols is 2. The summed E-state index contributed by atoms with van der Waals surface area (Å²) in [7, 11) is 0. The number of carboxylic acids is 1. The average molecular weight is 291 g/mol. The zero-order valence-electron chi connectivity index (χ0n) is 8.00. The van der Waals surface area contributed by atoms with E-state index in [0.29, 0.717) is 0 Å².